The van der Waals surface area contributed by atoms with E-state index < -0.39 is 44.4 Å². The molecule has 11 heteroatoms. The summed E-state index contributed by atoms with van der Waals surface area (Å²) in [5.74, 6) is 0. The van der Waals surface area contributed by atoms with Gasteiger partial charge in [-0.15, -0.1) is 0 Å². The number of aryl methyl sites for hydroxylation is 1. The molecule has 1 aliphatic heterocycles. The fourth-order valence-corrected chi connectivity index (χ4v) is 6.44. The lowest BCUT2D eigenvalue weighted by atomic mass is 10.0. The molecule has 1 aliphatic carbocycles. The summed E-state index contributed by atoms with van der Waals surface area (Å²) in [5.41, 5.74) is -0.876. The van der Waals surface area contributed by atoms with E-state index in [-0.39, 0.29) is 6.04 Å². The average Bonchev–Trinajstić information content (AvgIpc) is 3.57. The van der Waals surface area contributed by atoms with Crippen LogP contribution < -0.4 is 4.90 Å². The molecule has 0 spiro atoms. The van der Waals surface area contributed by atoms with Gasteiger partial charge >= 0.3 is 12.4 Å². The van der Waals surface area contributed by atoms with E-state index in [9.17, 15) is 34.8 Å². The predicted molar refractivity (Wildman–Crippen MR) is 115 cm³/mol. The van der Waals surface area contributed by atoms with Crippen molar-refractivity contribution in [2.24, 2.45) is 0 Å². The number of hydrogen-bond donors (Lipinski definition) is 0. The highest BCUT2D eigenvalue weighted by atomic mass is 32.2. The normalized spacial score (nSPS) is 18.5. The molecular formula is C23H24F6N2O2S. The van der Waals surface area contributed by atoms with Crippen LogP contribution in [-0.4, -0.2) is 37.9 Å². The maximum Gasteiger partial charge on any atom is 0.416 e. The summed E-state index contributed by atoms with van der Waals surface area (Å²) in [5, 5.41) is 0. The third-order valence-electron chi connectivity index (χ3n) is 6.22. The SMILES string of the molecule is Cc1cc(N2CCC(N(C3CC3)S(=O)(=O)c3cccc(C(F)(F)F)c3)CC2)cc(C(F)(F)F)c1. The maximum atomic E-state index is 13.4. The Morgan fingerprint density at radius 2 is 1.41 bits per heavy atom. The summed E-state index contributed by atoms with van der Waals surface area (Å²) < 4.78 is 107. The highest BCUT2D eigenvalue weighted by Crippen LogP contribution is 2.39. The van der Waals surface area contributed by atoms with Crippen molar-refractivity contribution in [3.8, 4) is 0 Å². The standard InChI is InChI=1S/C23H24F6N2O2S/c1-15-11-17(23(27,28)29)13-20(12-15)30-9-7-19(8-10-30)31(18-5-6-18)34(32,33)21-4-2-3-16(14-21)22(24,25)26/h2-4,11-14,18-19H,5-10H2,1H3. The van der Waals surface area contributed by atoms with Gasteiger partial charge < -0.3 is 4.90 Å². The predicted octanol–water partition coefficient (Wildman–Crippen LogP) is 5.85. The number of piperidine rings is 1. The van der Waals surface area contributed by atoms with Gasteiger partial charge in [0.15, 0.2) is 0 Å². The zero-order valence-corrected chi connectivity index (χ0v) is 19.1. The van der Waals surface area contributed by atoms with E-state index in [1.54, 1.807) is 17.9 Å². The van der Waals surface area contributed by atoms with Crippen LogP contribution in [0.1, 0.15) is 42.4 Å². The summed E-state index contributed by atoms with van der Waals surface area (Å²) in [7, 11) is -4.17. The van der Waals surface area contributed by atoms with Crippen LogP contribution in [-0.2, 0) is 22.4 Å². The first-order valence-electron chi connectivity index (χ1n) is 10.9. The van der Waals surface area contributed by atoms with Crippen LogP contribution in [0.15, 0.2) is 47.4 Å². The minimum absolute atomic E-state index is 0.271. The Bertz CT molecular complexity index is 1150. The van der Waals surface area contributed by atoms with Crippen molar-refractivity contribution < 1.29 is 34.8 Å². The van der Waals surface area contributed by atoms with Crippen LogP contribution >= 0.6 is 0 Å². The third-order valence-corrected chi connectivity index (χ3v) is 8.22. The first-order chi connectivity index (χ1) is 15.8. The lowest BCUT2D eigenvalue weighted by Gasteiger charge is -2.39. The molecule has 0 N–H and O–H groups in total. The lowest BCUT2D eigenvalue weighted by molar-refractivity contribution is -0.138. The van der Waals surface area contributed by atoms with E-state index >= 15 is 0 Å². The molecule has 2 aromatic carbocycles. The van der Waals surface area contributed by atoms with Gasteiger partial charge in [-0.3, -0.25) is 0 Å². The lowest BCUT2D eigenvalue weighted by Crippen LogP contribution is -2.48. The van der Waals surface area contributed by atoms with Gasteiger partial charge in [-0.25, -0.2) is 8.42 Å². The van der Waals surface area contributed by atoms with Gasteiger partial charge in [0.25, 0.3) is 0 Å². The molecular weight excluding hydrogens is 482 g/mol. The van der Waals surface area contributed by atoms with Crippen LogP contribution in [0.5, 0.6) is 0 Å². The van der Waals surface area contributed by atoms with E-state index in [2.05, 4.69) is 0 Å². The Morgan fingerprint density at radius 3 is 1.97 bits per heavy atom. The molecule has 1 saturated heterocycles. The largest absolute Gasteiger partial charge is 0.416 e. The Balaban J connectivity index is 1.55. The number of halogens is 6. The van der Waals surface area contributed by atoms with Crippen molar-refractivity contribution in [1.82, 2.24) is 4.31 Å². The summed E-state index contributed by atoms with van der Waals surface area (Å²) in [6.07, 6.45) is -7.14. The molecule has 2 aromatic rings. The minimum atomic E-state index is -4.66. The van der Waals surface area contributed by atoms with Crippen LogP contribution in [0.25, 0.3) is 0 Å². The molecule has 1 heterocycles. The van der Waals surface area contributed by atoms with Crippen molar-refractivity contribution in [2.45, 2.75) is 61.9 Å². The fourth-order valence-electron chi connectivity index (χ4n) is 4.46. The van der Waals surface area contributed by atoms with Gasteiger partial charge in [0, 0.05) is 30.9 Å². The second kappa shape index (κ2) is 8.75. The number of benzene rings is 2. The van der Waals surface area contributed by atoms with Gasteiger partial charge in [-0.1, -0.05) is 6.07 Å². The molecule has 0 bridgehead atoms. The van der Waals surface area contributed by atoms with E-state index in [0.29, 0.717) is 56.1 Å². The highest BCUT2D eigenvalue weighted by Gasteiger charge is 2.44. The number of rotatable bonds is 5. The number of nitrogens with zero attached hydrogens (tertiary/aromatic N) is 2. The number of anilines is 1. The molecule has 0 amide bonds. The molecule has 34 heavy (non-hydrogen) atoms. The topological polar surface area (TPSA) is 40.6 Å². The number of alkyl halides is 6. The minimum Gasteiger partial charge on any atom is -0.371 e. The zero-order valence-electron chi connectivity index (χ0n) is 18.3. The van der Waals surface area contributed by atoms with Crippen LogP contribution in [0.2, 0.25) is 0 Å². The van der Waals surface area contributed by atoms with E-state index in [4.69, 9.17) is 0 Å². The summed E-state index contributed by atoms with van der Waals surface area (Å²) in [6, 6.07) is 6.86. The second-order valence-corrected chi connectivity index (χ2v) is 10.7. The Morgan fingerprint density at radius 1 is 0.824 bits per heavy atom. The smallest absolute Gasteiger partial charge is 0.371 e. The van der Waals surface area contributed by atoms with Crippen molar-refractivity contribution in [1.29, 1.82) is 0 Å². The first-order valence-corrected chi connectivity index (χ1v) is 12.4. The van der Waals surface area contributed by atoms with Gasteiger partial charge in [-0.2, -0.15) is 30.6 Å². The van der Waals surface area contributed by atoms with Crippen LogP contribution in [0, 0.1) is 6.92 Å². The van der Waals surface area contributed by atoms with Gasteiger partial charge in [0.1, 0.15) is 0 Å². The van der Waals surface area contributed by atoms with Crippen LogP contribution in [0.3, 0.4) is 0 Å². The third kappa shape index (κ3) is 5.19. The second-order valence-electron chi connectivity index (χ2n) is 8.86. The molecule has 0 atom stereocenters. The van der Waals surface area contributed by atoms with Crippen molar-refractivity contribution >= 4 is 15.7 Å². The fraction of sp³-hybridized carbons (Fsp3) is 0.478. The van der Waals surface area contributed by atoms with Crippen molar-refractivity contribution in [3.05, 3.63) is 59.2 Å². The summed E-state index contributed by atoms with van der Waals surface area (Å²) >= 11 is 0. The molecule has 4 nitrogen and oxygen atoms in total. The summed E-state index contributed by atoms with van der Waals surface area (Å²) in [4.78, 5) is 1.39. The Hall–Kier alpha value is -2.27. The monoisotopic (exact) mass is 506 g/mol. The zero-order chi connectivity index (χ0) is 24.9. The molecule has 2 aliphatic rings. The molecule has 1 saturated carbocycles. The van der Waals surface area contributed by atoms with Gasteiger partial charge in [-0.05, 0) is 74.6 Å². The summed E-state index contributed by atoms with van der Waals surface area (Å²) in [6.45, 7) is 2.27. The molecule has 0 unspecified atom stereocenters. The van der Waals surface area contributed by atoms with Crippen molar-refractivity contribution in [3.63, 3.8) is 0 Å². The van der Waals surface area contributed by atoms with E-state index in [1.807, 2.05) is 0 Å². The Labute approximate surface area is 194 Å². The number of hydrogen-bond acceptors (Lipinski definition) is 3. The van der Waals surface area contributed by atoms with Gasteiger partial charge in [0.05, 0.1) is 16.0 Å². The maximum absolute atomic E-state index is 13.4. The molecule has 0 radical (unpaired) electrons. The van der Waals surface area contributed by atoms with Crippen molar-refractivity contribution in [2.75, 3.05) is 18.0 Å². The molecule has 186 valence electrons. The van der Waals surface area contributed by atoms with E-state index in [0.717, 1.165) is 24.3 Å². The first kappa shape index (κ1) is 24.8. The molecule has 4 rings (SSSR count). The van der Waals surface area contributed by atoms with Gasteiger partial charge in [0.2, 0.25) is 10.0 Å². The molecule has 0 aromatic heterocycles. The van der Waals surface area contributed by atoms with E-state index in [1.165, 1.54) is 10.4 Å². The highest BCUT2D eigenvalue weighted by molar-refractivity contribution is 7.89. The average molecular weight is 507 g/mol. The van der Waals surface area contributed by atoms with Crippen LogP contribution in [0.4, 0.5) is 32.0 Å². The molecule has 2 fully saturated rings. The number of sulfonamides is 1. The quantitative estimate of drug-likeness (QED) is 0.478. The Kier molecular flexibility index (Phi) is 6.39.